The minimum absolute atomic E-state index is 0.0336. The predicted octanol–water partition coefficient (Wildman–Crippen LogP) is 2.56. The molecular weight excluding hydrogens is 274 g/mol. The second-order valence-corrected chi connectivity index (χ2v) is 5.87. The van der Waals surface area contributed by atoms with Gasteiger partial charge in [0, 0.05) is 25.2 Å². The minimum Gasteiger partial charge on any atom is -0.305 e. The lowest BCUT2D eigenvalue weighted by molar-refractivity contribution is 0.0774. The van der Waals surface area contributed by atoms with Crippen LogP contribution in [0.2, 0.25) is 0 Å². The summed E-state index contributed by atoms with van der Waals surface area (Å²) in [6.45, 7) is 6.55. The molecule has 5 heteroatoms. The van der Waals surface area contributed by atoms with Crippen LogP contribution >= 0.6 is 0 Å². The standard InChI is InChI=1S/C16H22F2N2O/c1-11-10-19(3)7-4-8-20(11)12(2)16(21)14-6-5-13(17)9-15(14)18/h5-6,9,11-12H,4,7-8,10H2,1-3H3. The van der Waals surface area contributed by atoms with Crippen LogP contribution in [0.25, 0.3) is 0 Å². The highest BCUT2D eigenvalue weighted by atomic mass is 19.1. The van der Waals surface area contributed by atoms with Crippen molar-refractivity contribution in [2.24, 2.45) is 0 Å². The molecule has 0 N–H and O–H groups in total. The molecule has 1 aromatic rings. The van der Waals surface area contributed by atoms with Gasteiger partial charge in [0.15, 0.2) is 5.78 Å². The second-order valence-electron chi connectivity index (χ2n) is 5.87. The van der Waals surface area contributed by atoms with Crippen LogP contribution in [0.1, 0.15) is 30.6 Å². The number of carbonyl (C=O) groups is 1. The maximum Gasteiger partial charge on any atom is 0.182 e. The fraction of sp³-hybridized carbons (Fsp3) is 0.562. The van der Waals surface area contributed by atoms with E-state index in [9.17, 15) is 13.6 Å². The second kappa shape index (κ2) is 6.62. The van der Waals surface area contributed by atoms with Crippen LogP contribution in [0.15, 0.2) is 18.2 Å². The third-order valence-electron chi connectivity index (χ3n) is 4.17. The van der Waals surface area contributed by atoms with Crippen molar-refractivity contribution in [3.8, 4) is 0 Å². The van der Waals surface area contributed by atoms with Crippen LogP contribution in [0.5, 0.6) is 0 Å². The van der Waals surface area contributed by atoms with E-state index in [1.807, 2.05) is 0 Å². The van der Waals surface area contributed by atoms with Gasteiger partial charge in [-0.25, -0.2) is 8.78 Å². The topological polar surface area (TPSA) is 23.6 Å². The van der Waals surface area contributed by atoms with Crippen molar-refractivity contribution in [1.29, 1.82) is 0 Å². The van der Waals surface area contributed by atoms with Gasteiger partial charge in [0.1, 0.15) is 11.6 Å². The number of hydrogen-bond acceptors (Lipinski definition) is 3. The Morgan fingerprint density at radius 1 is 1.33 bits per heavy atom. The first-order valence-corrected chi connectivity index (χ1v) is 7.33. The largest absolute Gasteiger partial charge is 0.305 e. The molecule has 0 bridgehead atoms. The number of Topliss-reactive ketones (excluding diaryl/α,β-unsaturated/α-hetero) is 1. The summed E-state index contributed by atoms with van der Waals surface area (Å²) in [6.07, 6.45) is 0.977. The van der Waals surface area contributed by atoms with Gasteiger partial charge in [-0.1, -0.05) is 0 Å². The van der Waals surface area contributed by atoms with E-state index in [0.29, 0.717) is 0 Å². The van der Waals surface area contributed by atoms with Crippen LogP contribution in [0, 0.1) is 11.6 Å². The summed E-state index contributed by atoms with van der Waals surface area (Å²) in [5.41, 5.74) is -0.0336. The summed E-state index contributed by atoms with van der Waals surface area (Å²) >= 11 is 0. The maximum atomic E-state index is 13.8. The Bertz CT molecular complexity index is 521. The Balaban J connectivity index is 2.18. The maximum absolute atomic E-state index is 13.8. The number of benzene rings is 1. The van der Waals surface area contributed by atoms with Crippen LogP contribution in [-0.2, 0) is 0 Å². The zero-order chi connectivity index (χ0) is 15.6. The minimum atomic E-state index is -0.786. The first-order valence-electron chi connectivity index (χ1n) is 7.33. The van der Waals surface area contributed by atoms with Crippen molar-refractivity contribution in [3.63, 3.8) is 0 Å². The molecule has 2 atom stereocenters. The lowest BCUT2D eigenvalue weighted by Crippen LogP contribution is -2.47. The summed E-state index contributed by atoms with van der Waals surface area (Å²) in [7, 11) is 2.06. The monoisotopic (exact) mass is 296 g/mol. The Kier molecular flexibility index (Phi) is 5.06. The molecule has 0 amide bonds. The van der Waals surface area contributed by atoms with Gasteiger partial charge in [0.25, 0.3) is 0 Å². The van der Waals surface area contributed by atoms with Crippen molar-refractivity contribution < 1.29 is 13.6 Å². The zero-order valence-corrected chi connectivity index (χ0v) is 12.8. The molecule has 1 saturated heterocycles. The Morgan fingerprint density at radius 2 is 2.05 bits per heavy atom. The highest BCUT2D eigenvalue weighted by Gasteiger charge is 2.29. The van der Waals surface area contributed by atoms with Crippen molar-refractivity contribution in [1.82, 2.24) is 9.80 Å². The lowest BCUT2D eigenvalue weighted by Gasteiger charge is -2.32. The highest BCUT2D eigenvalue weighted by molar-refractivity contribution is 6.00. The molecule has 3 nitrogen and oxygen atoms in total. The quantitative estimate of drug-likeness (QED) is 0.801. The fourth-order valence-electron chi connectivity index (χ4n) is 3.03. The summed E-state index contributed by atoms with van der Waals surface area (Å²) in [5.74, 6) is -1.74. The Labute approximate surface area is 124 Å². The Hall–Kier alpha value is -1.33. The van der Waals surface area contributed by atoms with E-state index < -0.39 is 17.7 Å². The predicted molar refractivity (Wildman–Crippen MR) is 78.4 cm³/mol. The number of rotatable bonds is 3. The van der Waals surface area contributed by atoms with Crippen molar-refractivity contribution >= 4 is 5.78 Å². The number of hydrogen-bond donors (Lipinski definition) is 0. The molecule has 1 aromatic carbocycles. The van der Waals surface area contributed by atoms with E-state index in [-0.39, 0.29) is 17.4 Å². The molecule has 116 valence electrons. The number of halogens is 2. The van der Waals surface area contributed by atoms with Gasteiger partial charge in [-0.2, -0.15) is 0 Å². The summed E-state index contributed by atoms with van der Waals surface area (Å²) in [4.78, 5) is 16.8. The summed E-state index contributed by atoms with van der Waals surface area (Å²) < 4.78 is 26.7. The van der Waals surface area contributed by atoms with Gasteiger partial charge in [0.05, 0.1) is 11.6 Å². The van der Waals surface area contributed by atoms with Crippen molar-refractivity contribution in [2.45, 2.75) is 32.4 Å². The van der Waals surface area contributed by atoms with Gasteiger partial charge < -0.3 is 4.90 Å². The van der Waals surface area contributed by atoms with E-state index in [1.165, 1.54) is 6.07 Å². The van der Waals surface area contributed by atoms with Crippen molar-refractivity contribution in [2.75, 3.05) is 26.7 Å². The molecule has 0 spiro atoms. The molecule has 1 aliphatic heterocycles. The van der Waals surface area contributed by atoms with E-state index in [1.54, 1.807) is 6.92 Å². The average molecular weight is 296 g/mol. The van der Waals surface area contributed by atoms with Crippen molar-refractivity contribution in [3.05, 3.63) is 35.4 Å². The SMILES string of the molecule is CC1CN(C)CCCN1C(C)C(=O)c1ccc(F)cc1F. The van der Waals surface area contributed by atoms with E-state index in [2.05, 4.69) is 23.8 Å². The van der Waals surface area contributed by atoms with E-state index >= 15 is 0 Å². The molecule has 0 radical (unpaired) electrons. The smallest absolute Gasteiger partial charge is 0.182 e. The molecule has 1 aliphatic rings. The van der Waals surface area contributed by atoms with Crippen LogP contribution in [0.4, 0.5) is 8.78 Å². The van der Waals surface area contributed by atoms with Crippen LogP contribution in [0.3, 0.4) is 0 Å². The zero-order valence-electron chi connectivity index (χ0n) is 12.8. The number of carbonyl (C=O) groups excluding carboxylic acids is 1. The van der Waals surface area contributed by atoms with Gasteiger partial charge in [-0.3, -0.25) is 9.69 Å². The number of likely N-dealkylation sites (N-methyl/N-ethyl adjacent to an activating group) is 1. The molecule has 1 heterocycles. The summed E-state index contributed by atoms with van der Waals surface area (Å²) in [5, 5.41) is 0. The first-order chi connectivity index (χ1) is 9.90. The third kappa shape index (κ3) is 3.66. The van der Waals surface area contributed by atoms with E-state index in [0.717, 1.165) is 38.2 Å². The third-order valence-corrected chi connectivity index (χ3v) is 4.17. The van der Waals surface area contributed by atoms with Crippen LogP contribution in [-0.4, -0.2) is 54.3 Å². The molecule has 2 rings (SSSR count). The molecule has 0 saturated carbocycles. The van der Waals surface area contributed by atoms with Gasteiger partial charge in [-0.15, -0.1) is 0 Å². The molecule has 21 heavy (non-hydrogen) atoms. The van der Waals surface area contributed by atoms with E-state index in [4.69, 9.17) is 0 Å². The van der Waals surface area contributed by atoms with Crippen LogP contribution < -0.4 is 0 Å². The van der Waals surface area contributed by atoms with Gasteiger partial charge in [0.2, 0.25) is 0 Å². The first kappa shape index (κ1) is 16.0. The molecule has 2 unspecified atom stereocenters. The Morgan fingerprint density at radius 3 is 2.71 bits per heavy atom. The average Bonchev–Trinajstić information content (AvgIpc) is 2.58. The van der Waals surface area contributed by atoms with Gasteiger partial charge >= 0.3 is 0 Å². The normalized spacial score (nSPS) is 22.8. The number of nitrogens with zero attached hydrogens (tertiary/aromatic N) is 2. The molecule has 0 aromatic heterocycles. The summed E-state index contributed by atoms with van der Waals surface area (Å²) in [6, 6.07) is 2.94. The highest BCUT2D eigenvalue weighted by Crippen LogP contribution is 2.18. The molecular formula is C16H22F2N2O. The molecule has 1 fully saturated rings. The van der Waals surface area contributed by atoms with Gasteiger partial charge in [-0.05, 0) is 46.0 Å². The molecule has 0 aliphatic carbocycles. The lowest BCUT2D eigenvalue weighted by atomic mass is 10.0. The fourth-order valence-corrected chi connectivity index (χ4v) is 3.03. The number of ketones is 1.